The Balaban J connectivity index is 1.59. The van der Waals surface area contributed by atoms with Crippen molar-refractivity contribution in [1.29, 1.82) is 0 Å². The van der Waals surface area contributed by atoms with Crippen molar-refractivity contribution in [3.05, 3.63) is 99.1 Å². The Morgan fingerprint density at radius 1 is 1.06 bits per heavy atom. The van der Waals surface area contributed by atoms with Crippen molar-refractivity contribution in [2.75, 3.05) is 0 Å². The van der Waals surface area contributed by atoms with Crippen LogP contribution in [0.15, 0.2) is 65.6 Å². The Morgan fingerprint density at radius 2 is 1.79 bits per heavy atom. The third-order valence-corrected chi connectivity index (χ3v) is 8.30. The van der Waals surface area contributed by atoms with Crippen LogP contribution in [0.2, 0.25) is 5.02 Å². The van der Waals surface area contributed by atoms with Crippen molar-refractivity contribution in [1.82, 2.24) is 4.72 Å². The number of carboxylic acids is 1. The molecule has 0 bridgehead atoms. The van der Waals surface area contributed by atoms with Crippen LogP contribution in [0.4, 0.5) is 0 Å². The highest BCUT2D eigenvalue weighted by atomic mass is 35.5. The van der Waals surface area contributed by atoms with Gasteiger partial charge >= 0.3 is 5.97 Å². The molecule has 0 heterocycles. The van der Waals surface area contributed by atoms with Gasteiger partial charge in [-0.3, -0.25) is 4.79 Å². The van der Waals surface area contributed by atoms with E-state index in [2.05, 4.69) is 35.9 Å². The number of nitrogens with one attached hydrogen (secondary N) is 1. The van der Waals surface area contributed by atoms with Gasteiger partial charge in [0.2, 0.25) is 10.0 Å². The highest BCUT2D eigenvalue weighted by molar-refractivity contribution is 7.89. The Labute approximate surface area is 205 Å². The fourth-order valence-electron chi connectivity index (χ4n) is 4.70. The fourth-order valence-corrected chi connectivity index (χ4v) is 6.10. The van der Waals surface area contributed by atoms with Gasteiger partial charge in [-0.15, -0.1) is 0 Å². The molecule has 7 heteroatoms. The Hall–Kier alpha value is -2.67. The van der Waals surface area contributed by atoms with Crippen LogP contribution < -0.4 is 4.72 Å². The molecule has 1 aliphatic carbocycles. The summed E-state index contributed by atoms with van der Waals surface area (Å²) in [5.41, 5.74) is 6.94. The first kappa shape index (κ1) is 24.5. The van der Waals surface area contributed by atoms with Gasteiger partial charge in [0.1, 0.15) is 0 Å². The van der Waals surface area contributed by atoms with E-state index >= 15 is 0 Å². The number of halogens is 1. The lowest BCUT2D eigenvalue weighted by molar-refractivity contribution is -0.136. The summed E-state index contributed by atoms with van der Waals surface area (Å²) in [5.74, 6) is -0.816. The lowest BCUT2D eigenvalue weighted by Gasteiger charge is -2.28. The molecule has 0 aliphatic heterocycles. The predicted molar refractivity (Wildman–Crippen MR) is 134 cm³/mol. The van der Waals surface area contributed by atoms with Crippen molar-refractivity contribution in [2.24, 2.45) is 0 Å². The number of carbonyl (C=O) groups is 1. The first-order valence-corrected chi connectivity index (χ1v) is 13.3. The topological polar surface area (TPSA) is 83.5 Å². The summed E-state index contributed by atoms with van der Waals surface area (Å²) in [7, 11) is -3.65. The van der Waals surface area contributed by atoms with Crippen LogP contribution in [0.5, 0.6) is 0 Å². The van der Waals surface area contributed by atoms with Crippen molar-refractivity contribution in [3.8, 4) is 0 Å². The molecule has 2 N–H and O–H groups in total. The summed E-state index contributed by atoms with van der Waals surface area (Å²) in [5, 5.41) is 9.80. The van der Waals surface area contributed by atoms with Crippen LogP contribution in [0, 0.1) is 6.92 Å². The first-order chi connectivity index (χ1) is 16.2. The third kappa shape index (κ3) is 5.69. The minimum absolute atomic E-state index is 0.0733. The third-order valence-electron chi connectivity index (χ3n) is 6.51. The molecule has 1 unspecified atom stereocenters. The second-order valence-corrected chi connectivity index (χ2v) is 11.0. The zero-order valence-electron chi connectivity index (χ0n) is 19.1. The van der Waals surface area contributed by atoms with Crippen LogP contribution in [0.1, 0.15) is 46.2 Å². The van der Waals surface area contributed by atoms with E-state index in [1.165, 1.54) is 28.8 Å². The number of hydrogen-bond donors (Lipinski definition) is 2. The van der Waals surface area contributed by atoms with E-state index in [4.69, 9.17) is 11.6 Å². The molecule has 178 valence electrons. The average Bonchev–Trinajstić information content (AvgIpc) is 2.79. The molecule has 1 atom stereocenters. The predicted octanol–water partition coefficient (Wildman–Crippen LogP) is 5.09. The zero-order chi connectivity index (χ0) is 24.3. The number of carboxylic acid groups (broad SMARTS) is 1. The van der Waals surface area contributed by atoms with Crippen LogP contribution in [0.25, 0.3) is 0 Å². The summed E-state index contributed by atoms with van der Waals surface area (Å²) in [6.07, 6.45) is 3.24. The molecule has 5 nitrogen and oxygen atoms in total. The normalized spacial score (nSPS) is 15.6. The molecule has 0 fully saturated rings. The molecule has 4 rings (SSSR count). The van der Waals surface area contributed by atoms with Gasteiger partial charge in [0, 0.05) is 17.5 Å². The number of aryl methyl sites for hydroxylation is 1. The quantitative estimate of drug-likeness (QED) is 0.454. The molecule has 1 aliphatic rings. The fraction of sp³-hybridized carbons (Fsp3) is 0.296. The van der Waals surface area contributed by atoms with Gasteiger partial charge in [0.15, 0.2) is 0 Å². The minimum Gasteiger partial charge on any atom is -0.481 e. The van der Waals surface area contributed by atoms with E-state index in [0.717, 1.165) is 23.1 Å². The summed E-state index contributed by atoms with van der Waals surface area (Å²) >= 11 is 5.89. The number of rotatable bonds is 8. The molecule has 0 saturated carbocycles. The molecule has 0 saturated heterocycles. The number of fused-ring (bicyclic) bond motifs is 1. The SMILES string of the molecule is Cc1ccccc1Cc1ccc2c(c1CCC(=O)O)CCC(NS(=O)(=O)c1ccc(Cl)cc1)C2. The maximum Gasteiger partial charge on any atom is 0.303 e. The largest absolute Gasteiger partial charge is 0.481 e. The summed E-state index contributed by atoms with van der Waals surface area (Å²) < 4.78 is 28.5. The molecule has 0 aromatic heterocycles. The average molecular weight is 498 g/mol. The highest BCUT2D eigenvalue weighted by Gasteiger charge is 2.27. The highest BCUT2D eigenvalue weighted by Crippen LogP contribution is 2.31. The molecular formula is C27H28ClNO4S. The van der Waals surface area contributed by atoms with Crippen LogP contribution in [-0.2, 0) is 40.5 Å². The Kier molecular flexibility index (Phi) is 7.41. The maximum atomic E-state index is 12.8. The van der Waals surface area contributed by atoms with Crippen LogP contribution >= 0.6 is 11.6 Å². The molecule has 0 amide bonds. The molecular weight excluding hydrogens is 470 g/mol. The molecule has 0 radical (unpaired) electrons. The second-order valence-electron chi connectivity index (χ2n) is 8.85. The summed E-state index contributed by atoms with van der Waals surface area (Å²) in [6.45, 7) is 2.09. The lowest BCUT2D eigenvalue weighted by Crippen LogP contribution is -2.39. The maximum absolute atomic E-state index is 12.8. The standard InChI is InChI=1S/C27H28ClNO4S/c1-18-4-2-3-5-19(18)16-20-6-7-21-17-23(10-13-25(21)26(20)14-15-27(30)31)29-34(32,33)24-11-8-22(28)9-12-24/h2-9,11-12,23,29H,10,13-17H2,1H3,(H,30,31). The Morgan fingerprint density at radius 3 is 2.50 bits per heavy atom. The summed E-state index contributed by atoms with van der Waals surface area (Å²) in [6, 6.07) is 18.3. The van der Waals surface area contributed by atoms with Gasteiger partial charge in [-0.25, -0.2) is 13.1 Å². The molecule has 3 aromatic carbocycles. The van der Waals surface area contributed by atoms with Gasteiger partial charge < -0.3 is 5.11 Å². The van der Waals surface area contributed by atoms with Crippen molar-refractivity contribution in [2.45, 2.75) is 56.4 Å². The lowest BCUT2D eigenvalue weighted by atomic mass is 9.81. The van der Waals surface area contributed by atoms with Gasteiger partial charge in [-0.1, -0.05) is 48.0 Å². The van der Waals surface area contributed by atoms with E-state index in [1.807, 2.05) is 12.1 Å². The van der Waals surface area contributed by atoms with Gasteiger partial charge in [0.25, 0.3) is 0 Å². The number of sulfonamides is 1. The smallest absolute Gasteiger partial charge is 0.303 e. The monoisotopic (exact) mass is 497 g/mol. The van der Waals surface area contributed by atoms with Gasteiger partial charge in [-0.2, -0.15) is 0 Å². The van der Waals surface area contributed by atoms with Crippen molar-refractivity contribution in [3.63, 3.8) is 0 Å². The van der Waals surface area contributed by atoms with Crippen molar-refractivity contribution < 1.29 is 18.3 Å². The van der Waals surface area contributed by atoms with E-state index in [-0.39, 0.29) is 17.4 Å². The van der Waals surface area contributed by atoms with Gasteiger partial charge in [-0.05, 0) is 96.7 Å². The number of hydrogen-bond acceptors (Lipinski definition) is 3. The summed E-state index contributed by atoms with van der Waals surface area (Å²) in [4.78, 5) is 11.5. The minimum atomic E-state index is -3.65. The number of benzene rings is 3. The van der Waals surface area contributed by atoms with Crippen LogP contribution in [0.3, 0.4) is 0 Å². The second kappa shape index (κ2) is 10.3. The molecule has 0 spiro atoms. The zero-order valence-corrected chi connectivity index (χ0v) is 20.6. The Bertz CT molecular complexity index is 1300. The van der Waals surface area contributed by atoms with E-state index in [0.29, 0.717) is 30.7 Å². The molecule has 3 aromatic rings. The first-order valence-electron chi connectivity index (χ1n) is 11.4. The van der Waals surface area contributed by atoms with Crippen molar-refractivity contribution >= 4 is 27.6 Å². The van der Waals surface area contributed by atoms with E-state index < -0.39 is 16.0 Å². The van der Waals surface area contributed by atoms with E-state index in [9.17, 15) is 18.3 Å². The molecule has 34 heavy (non-hydrogen) atoms. The van der Waals surface area contributed by atoms with Crippen LogP contribution in [-0.4, -0.2) is 25.5 Å². The number of aliphatic carboxylic acids is 1. The van der Waals surface area contributed by atoms with Gasteiger partial charge in [0.05, 0.1) is 4.90 Å². The van der Waals surface area contributed by atoms with E-state index in [1.54, 1.807) is 12.1 Å².